The van der Waals surface area contributed by atoms with Gasteiger partial charge in [0.15, 0.2) is 0 Å². The predicted octanol–water partition coefficient (Wildman–Crippen LogP) is 1.59. The predicted molar refractivity (Wildman–Crippen MR) is 49.5 cm³/mol. The smallest absolute Gasteiger partial charge is 0.232 e. The Kier molecular flexibility index (Phi) is 2.87. The average molecular weight is 203 g/mol. The molecule has 0 unspecified atom stereocenters. The lowest BCUT2D eigenvalue weighted by Gasteiger charge is -2.04. The molecule has 0 atom stereocenters. The second kappa shape index (κ2) is 3.74. The summed E-state index contributed by atoms with van der Waals surface area (Å²) in [5.41, 5.74) is 0.252. The van der Waals surface area contributed by atoms with Gasteiger partial charge in [-0.2, -0.15) is 0 Å². The van der Waals surface area contributed by atoms with Gasteiger partial charge in [0.05, 0.1) is 11.4 Å². The van der Waals surface area contributed by atoms with Crippen LogP contribution < -0.4 is 4.72 Å². The number of anilines is 1. The van der Waals surface area contributed by atoms with Gasteiger partial charge >= 0.3 is 0 Å². The minimum Gasteiger partial charge on any atom is -0.283 e. The number of nitrogens with one attached hydrogen (secondary N) is 1. The Balaban J connectivity index is 2.87. The molecule has 0 bridgehead atoms. The lowest BCUT2D eigenvalue weighted by molar-refractivity contribution is 0.602. The molecule has 1 aromatic carbocycles. The topological polar surface area (TPSA) is 46.2 Å². The van der Waals surface area contributed by atoms with E-state index in [1.165, 1.54) is 25.1 Å². The molecular formula is C8H10FNO2S. The van der Waals surface area contributed by atoms with Crippen LogP contribution in [0.1, 0.15) is 6.92 Å². The van der Waals surface area contributed by atoms with E-state index in [1.54, 1.807) is 0 Å². The molecule has 0 heterocycles. The van der Waals surface area contributed by atoms with Crippen molar-refractivity contribution in [3.05, 3.63) is 30.1 Å². The van der Waals surface area contributed by atoms with Crippen molar-refractivity contribution in [1.82, 2.24) is 0 Å². The van der Waals surface area contributed by atoms with Crippen LogP contribution >= 0.6 is 0 Å². The number of hydrogen-bond donors (Lipinski definition) is 1. The third-order valence-electron chi connectivity index (χ3n) is 1.48. The molecule has 0 aliphatic heterocycles. The molecule has 0 spiro atoms. The highest BCUT2D eigenvalue weighted by Crippen LogP contribution is 2.10. The standard InChI is InChI=1S/C8H10FNO2S/c1-2-13(11,12)10-8-5-3-4-7(9)6-8/h3-6,10H,2H2,1H3. The number of hydrogen-bond acceptors (Lipinski definition) is 2. The van der Waals surface area contributed by atoms with Crippen molar-refractivity contribution in [1.29, 1.82) is 0 Å². The number of halogens is 1. The summed E-state index contributed by atoms with van der Waals surface area (Å²) >= 11 is 0. The maximum Gasteiger partial charge on any atom is 0.232 e. The highest BCUT2D eigenvalue weighted by molar-refractivity contribution is 7.92. The maximum absolute atomic E-state index is 12.6. The van der Waals surface area contributed by atoms with Crippen LogP contribution in [0.4, 0.5) is 10.1 Å². The van der Waals surface area contributed by atoms with E-state index in [0.29, 0.717) is 0 Å². The Bertz CT molecular complexity index is 389. The molecular weight excluding hydrogens is 193 g/mol. The lowest BCUT2D eigenvalue weighted by atomic mass is 10.3. The Morgan fingerprint density at radius 2 is 2.15 bits per heavy atom. The molecule has 0 aliphatic rings. The van der Waals surface area contributed by atoms with Crippen molar-refractivity contribution in [3.8, 4) is 0 Å². The van der Waals surface area contributed by atoms with Crippen LogP contribution in [0, 0.1) is 5.82 Å². The van der Waals surface area contributed by atoms with Crippen molar-refractivity contribution in [2.45, 2.75) is 6.92 Å². The Morgan fingerprint density at radius 1 is 1.46 bits per heavy atom. The van der Waals surface area contributed by atoms with Crippen molar-refractivity contribution < 1.29 is 12.8 Å². The van der Waals surface area contributed by atoms with Gasteiger partial charge in [-0.05, 0) is 25.1 Å². The molecule has 13 heavy (non-hydrogen) atoms. The van der Waals surface area contributed by atoms with E-state index in [2.05, 4.69) is 4.72 Å². The van der Waals surface area contributed by atoms with Crippen LogP contribution in [-0.4, -0.2) is 14.2 Å². The Morgan fingerprint density at radius 3 is 2.69 bits per heavy atom. The van der Waals surface area contributed by atoms with Crippen LogP contribution in [0.25, 0.3) is 0 Å². The van der Waals surface area contributed by atoms with Crippen molar-refractivity contribution in [3.63, 3.8) is 0 Å². The summed E-state index contributed by atoms with van der Waals surface area (Å²) in [5, 5.41) is 0. The minimum absolute atomic E-state index is 0.0243. The normalized spacial score (nSPS) is 11.2. The first-order chi connectivity index (χ1) is 6.03. The lowest BCUT2D eigenvalue weighted by Crippen LogP contribution is -2.14. The largest absolute Gasteiger partial charge is 0.283 e. The SMILES string of the molecule is CCS(=O)(=O)Nc1cccc(F)c1. The molecule has 0 radical (unpaired) electrons. The van der Waals surface area contributed by atoms with Crippen LogP contribution in [0.2, 0.25) is 0 Å². The van der Waals surface area contributed by atoms with E-state index in [1.807, 2.05) is 0 Å². The fourth-order valence-electron chi connectivity index (χ4n) is 0.804. The molecule has 0 aliphatic carbocycles. The summed E-state index contributed by atoms with van der Waals surface area (Å²) < 4.78 is 36.9. The molecule has 3 nitrogen and oxygen atoms in total. The monoisotopic (exact) mass is 203 g/mol. The highest BCUT2D eigenvalue weighted by atomic mass is 32.2. The second-order valence-electron chi connectivity index (χ2n) is 2.52. The molecule has 1 rings (SSSR count). The summed E-state index contributed by atoms with van der Waals surface area (Å²) in [5.74, 6) is -0.486. The van der Waals surface area contributed by atoms with Crippen molar-refractivity contribution in [2.24, 2.45) is 0 Å². The summed E-state index contributed by atoms with van der Waals surface area (Å²) in [6.45, 7) is 1.52. The van der Waals surface area contributed by atoms with Gasteiger partial charge in [0, 0.05) is 0 Å². The number of sulfonamides is 1. The first kappa shape index (κ1) is 9.98. The zero-order valence-corrected chi connectivity index (χ0v) is 7.94. The number of benzene rings is 1. The zero-order chi connectivity index (χ0) is 9.90. The molecule has 5 heteroatoms. The number of rotatable bonds is 3. The fraction of sp³-hybridized carbons (Fsp3) is 0.250. The molecule has 1 aromatic rings. The molecule has 0 saturated carbocycles. The van der Waals surface area contributed by atoms with E-state index < -0.39 is 15.8 Å². The van der Waals surface area contributed by atoms with E-state index in [9.17, 15) is 12.8 Å². The summed E-state index contributed by atoms with van der Waals surface area (Å²) in [6.07, 6.45) is 0. The van der Waals surface area contributed by atoms with Gasteiger partial charge in [0.2, 0.25) is 10.0 Å². The zero-order valence-electron chi connectivity index (χ0n) is 7.12. The molecule has 0 saturated heterocycles. The van der Waals surface area contributed by atoms with E-state index in [4.69, 9.17) is 0 Å². The van der Waals surface area contributed by atoms with Gasteiger partial charge < -0.3 is 0 Å². The van der Waals surface area contributed by atoms with Crippen LogP contribution in [0.5, 0.6) is 0 Å². The van der Waals surface area contributed by atoms with Gasteiger partial charge in [-0.15, -0.1) is 0 Å². The van der Waals surface area contributed by atoms with Gasteiger partial charge in [-0.25, -0.2) is 12.8 Å². The molecule has 72 valence electrons. The summed E-state index contributed by atoms with van der Waals surface area (Å²) in [6, 6.07) is 5.33. The quantitative estimate of drug-likeness (QED) is 0.810. The van der Waals surface area contributed by atoms with Gasteiger partial charge in [0.1, 0.15) is 5.82 Å². The van der Waals surface area contributed by atoms with Crippen LogP contribution in [0.3, 0.4) is 0 Å². The third kappa shape index (κ3) is 3.02. The second-order valence-corrected chi connectivity index (χ2v) is 4.53. The average Bonchev–Trinajstić information content (AvgIpc) is 2.03. The van der Waals surface area contributed by atoms with Gasteiger partial charge in [-0.1, -0.05) is 6.07 Å². The van der Waals surface area contributed by atoms with Crippen LogP contribution in [0.15, 0.2) is 24.3 Å². The Labute approximate surface area is 76.6 Å². The van der Waals surface area contributed by atoms with Crippen molar-refractivity contribution >= 4 is 15.7 Å². The minimum atomic E-state index is -3.31. The van der Waals surface area contributed by atoms with Gasteiger partial charge in [-0.3, -0.25) is 4.72 Å². The fourth-order valence-corrected chi connectivity index (χ4v) is 1.43. The first-order valence-corrected chi connectivity index (χ1v) is 5.45. The summed E-state index contributed by atoms with van der Waals surface area (Å²) in [7, 11) is -3.31. The maximum atomic E-state index is 12.6. The molecule has 0 amide bonds. The van der Waals surface area contributed by atoms with Crippen molar-refractivity contribution in [2.75, 3.05) is 10.5 Å². The summed E-state index contributed by atoms with van der Waals surface area (Å²) in [4.78, 5) is 0. The highest BCUT2D eigenvalue weighted by Gasteiger charge is 2.06. The van der Waals surface area contributed by atoms with Crippen LogP contribution in [-0.2, 0) is 10.0 Å². The first-order valence-electron chi connectivity index (χ1n) is 3.79. The van der Waals surface area contributed by atoms with E-state index >= 15 is 0 Å². The third-order valence-corrected chi connectivity index (χ3v) is 2.78. The molecule has 1 N–H and O–H groups in total. The molecule has 0 fully saturated rings. The van der Waals surface area contributed by atoms with Gasteiger partial charge in [0.25, 0.3) is 0 Å². The molecule has 0 aromatic heterocycles. The van der Waals surface area contributed by atoms with E-state index in [-0.39, 0.29) is 11.4 Å². The van der Waals surface area contributed by atoms with E-state index in [0.717, 1.165) is 6.07 Å². The Hall–Kier alpha value is -1.10.